The number of benzene rings is 1. The van der Waals surface area contributed by atoms with Gasteiger partial charge in [0.1, 0.15) is 12.1 Å². The average Bonchev–Trinajstić information content (AvgIpc) is 2.71. The van der Waals surface area contributed by atoms with Crippen LogP contribution >= 0.6 is 11.6 Å². The minimum Gasteiger partial charge on any atom is -0.377 e. The number of halogens is 1. The average molecular weight is 323 g/mol. The van der Waals surface area contributed by atoms with E-state index in [4.69, 9.17) is 16.3 Å². The van der Waals surface area contributed by atoms with E-state index in [9.17, 15) is 10.1 Å². The number of aromatic nitrogens is 2. The van der Waals surface area contributed by atoms with E-state index in [0.29, 0.717) is 29.9 Å². The maximum Gasteiger partial charge on any atom is 0.271 e. The monoisotopic (exact) mass is 322 g/mol. The topological polar surface area (TPSA) is 81.4 Å². The highest BCUT2D eigenvalue weighted by Crippen LogP contribution is 2.32. The van der Waals surface area contributed by atoms with Crippen molar-refractivity contribution in [3.05, 3.63) is 33.6 Å². The van der Waals surface area contributed by atoms with E-state index in [1.807, 2.05) is 6.92 Å². The molecular formula is C14H15ClN4O3. The van der Waals surface area contributed by atoms with Crippen LogP contribution in [0.3, 0.4) is 0 Å². The first kappa shape index (κ1) is 14.9. The molecule has 1 aliphatic heterocycles. The number of nitrogens with zero attached hydrogens (tertiary/aromatic N) is 4. The van der Waals surface area contributed by atoms with Crippen LogP contribution in [0.25, 0.3) is 10.9 Å². The van der Waals surface area contributed by atoms with Crippen LogP contribution in [-0.4, -0.2) is 40.7 Å². The number of non-ortho nitro benzene ring substituents is 1. The zero-order valence-corrected chi connectivity index (χ0v) is 12.8. The molecule has 0 amide bonds. The largest absolute Gasteiger partial charge is 0.377 e. The maximum absolute atomic E-state index is 11.1. The first-order valence-corrected chi connectivity index (χ1v) is 7.39. The third-order valence-electron chi connectivity index (χ3n) is 3.62. The molecule has 0 bridgehead atoms. The van der Waals surface area contributed by atoms with Gasteiger partial charge in [-0.25, -0.2) is 9.97 Å². The van der Waals surface area contributed by atoms with Gasteiger partial charge in [-0.1, -0.05) is 11.6 Å². The molecule has 22 heavy (non-hydrogen) atoms. The van der Waals surface area contributed by atoms with Crippen LogP contribution in [-0.2, 0) is 4.74 Å². The van der Waals surface area contributed by atoms with Crippen molar-refractivity contribution in [1.82, 2.24) is 9.97 Å². The second-order valence-electron chi connectivity index (χ2n) is 5.26. The molecule has 0 saturated carbocycles. The minimum absolute atomic E-state index is 0.0623. The van der Waals surface area contributed by atoms with Crippen molar-refractivity contribution < 1.29 is 9.66 Å². The Kier molecular flexibility index (Phi) is 4.08. The molecule has 7 nitrogen and oxygen atoms in total. The Morgan fingerprint density at radius 3 is 3.05 bits per heavy atom. The van der Waals surface area contributed by atoms with Gasteiger partial charge in [0.25, 0.3) is 5.69 Å². The van der Waals surface area contributed by atoms with Gasteiger partial charge in [-0.15, -0.1) is 0 Å². The maximum atomic E-state index is 11.1. The number of hydrogen-bond acceptors (Lipinski definition) is 6. The third kappa shape index (κ3) is 2.82. The van der Waals surface area contributed by atoms with E-state index < -0.39 is 4.92 Å². The van der Waals surface area contributed by atoms with Gasteiger partial charge in [0.2, 0.25) is 0 Å². The first-order chi connectivity index (χ1) is 10.6. The number of hydrogen-bond donors (Lipinski definition) is 0. The van der Waals surface area contributed by atoms with Gasteiger partial charge in [-0.05, 0) is 13.3 Å². The summed E-state index contributed by atoms with van der Waals surface area (Å²) in [5, 5.41) is 11.9. The summed E-state index contributed by atoms with van der Waals surface area (Å²) in [6.45, 7) is 4.14. The second-order valence-corrected chi connectivity index (χ2v) is 5.67. The highest BCUT2D eigenvalue weighted by molar-refractivity contribution is 6.35. The third-order valence-corrected chi connectivity index (χ3v) is 3.91. The predicted molar refractivity (Wildman–Crippen MR) is 83.4 cm³/mol. The molecule has 3 rings (SSSR count). The number of ether oxygens (including phenoxy) is 1. The number of nitro benzene ring substituents is 1. The van der Waals surface area contributed by atoms with Crippen LogP contribution in [0.15, 0.2) is 18.5 Å². The van der Waals surface area contributed by atoms with Gasteiger partial charge < -0.3 is 9.64 Å². The molecule has 0 N–H and O–H groups in total. The molecule has 0 spiro atoms. The molecule has 1 atom stereocenters. The standard InChI is InChI=1S/C14H15ClN4O3/c1-9-7-18(3-2-4-22-9)14-11-5-10(19(20)21)6-12(15)13(11)16-8-17-14/h5-6,8-9H,2-4,7H2,1H3/t9-/m1/s1. The van der Waals surface area contributed by atoms with Gasteiger partial charge in [-0.3, -0.25) is 10.1 Å². The summed E-state index contributed by atoms with van der Waals surface area (Å²) < 4.78 is 5.63. The molecule has 1 saturated heterocycles. The molecule has 0 aliphatic carbocycles. The Morgan fingerprint density at radius 2 is 2.27 bits per heavy atom. The molecular weight excluding hydrogens is 308 g/mol. The van der Waals surface area contributed by atoms with Crippen molar-refractivity contribution in [2.24, 2.45) is 0 Å². The van der Waals surface area contributed by atoms with Gasteiger partial charge >= 0.3 is 0 Å². The fourth-order valence-corrected chi connectivity index (χ4v) is 2.90. The lowest BCUT2D eigenvalue weighted by Crippen LogP contribution is -2.31. The molecule has 2 heterocycles. The van der Waals surface area contributed by atoms with E-state index in [0.717, 1.165) is 13.0 Å². The van der Waals surface area contributed by atoms with Crippen molar-refractivity contribution in [3.63, 3.8) is 0 Å². The summed E-state index contributed by atoms with van der Waals surface area (Å²) in [6.07, 6.45) is 2.38. The predicted octanol–water partition coefficient (Wildman–Crippen LogP) is 2.81. The summed E-state index contributed by atoms with van der Waals surface area (Å²) in [5.74, 6) is 0.660. The smallest absolute Gasteiger partial charge is 0.271 e. The van der Waals surface area contributed by atoms with Crippen LogP contribution < -0.4 is 4.90 Å². The number of nitro groups is 1. The zero-order chi connectivity index (χ0) is 15.7. The molecule has 0 radical (unpaired) electrons. The Labute approximate surface area is 132 Å². The highest BCUT2D eigenvalue weighted by atomic mass is 35.5. The lowest BCUT2D eigenvalue weighted by Gasteiger charge is -2.24. The Bertz CT molecular complexity index is 725. The fraction of sp³-hybridized carbons (Fsp3) is 0.429. The molecule has 0 unspecified atom stereocenters. The molecule has 8 heteroatoms. The summed E-state index contributed by atoms with van der Waals surface area (Å²) in [5.41, 5.74) is 0.461. The molecule has 2 aromatic rings. The lowest BCUT2D eigenvalue weighted by molar-refractivity contribution is -0.384. The summed E-state index contributed by atoms with van der Waals surface area (Å²) in [4.78, 5) is 21.2. The summed E-state index contributed by atoms with van der Waals surface area (Å²) in [6, 6.07) is 2.79. The normalized spacial score (nSPS) is 19.2. The van der Waals surface area contributed by atoms with Crippen molar-refractivity contribution in [3.8, 4) is 0 Å². The van der Waals surface area contributed by atoms with Crippen LogP contribution in [0.5, 0.6) is 0 Å². The van der Waals surface area contributed by atoms with Crippen molar-refractivity contribution in [2.45, 2.75) is 19.4 Å². The van der Waals surface area contributed by atoms with Gasteiger partial charge in [-0.2, -0.15) is 0 Å². The van der Waals surface area contributed by atoms with Crippen molar-refractivity contribution in [2.75, 3.05) is 24.6 Å². The summed E-state index contributed by atoms with van der Waals surface area (Å²) in [7, 11) is 0. The molecule has 1 aliphatic rings. The SMILES string of the molecule is C[C@@H]1CN(c2ncnc3c(Cl)cc([N+](=O)[O-])cc23)CCCO1. The Balaban J connectivity index is 2.14. The number of rotatable bonds is 2. The van der Waals surface area contributed by atoms with Gasteiger partial charge in [0.05, 0.1) is 27.0 Å². The number of anilines is 1. The molecule has 116 valence electrons. The van der Waals surface area contributed by atoms with Crippen LogP contribution in [0.2, 0.25) is 5.02 Å². The van der Waals surface area contributed by atoms with E-state index in [2.05, 4.69) is 14.9 Å². The quantitative estimate of drug-likeness (QED) is 0.624. The zero-order valence-electron chi connectivity index (χ0n) is 12.0. The van der Waals surface area contributed by atoms with Gasteiger partial charge in [0, 0.05) is 31.8 Å². The first-order valence-electron chi connectivity index (χ1n) is 7.01. The van der Waals surface area contributed by atoms with E-state index in [-0.39, 0.29) is 16.8 Å². The second kappa shape index (κ2) is 6.02. The van der Waals surface area contributed by atoms with Crippen LogP contribution in [0, 0.1) is 10.1 Å². The highest BCUT2D eigenvalue weighted by Gasteiger charge is 2.21. The lowest BCUT2D eigenvalue weighted by atomic mass is 10.2. The molecule has 1 aromatic heterocycles. The van der Waals surface area contributed by atoms with E-state index in [1.54, 1.807) is 0 Å². The van der Waals surface area contributed by atoms with Gasteiger partial charge in [0.15, 0.2) is 0 Å². The summed E-state index contributed by atoms with van der Waals surface area (Å²) >= 11 is 6.14. The van der Waals surface area contributed by atoms with Crippen molar-refractivity contribution >= 4 is 34.0 Å². The van der Waals surface area contributed by atoms with E-state index in [1.165, 1.54) is 18.5 Å². The Morgan fingerprint density at radius 1 is 1.45 bits per heavy atom. The molecule has 1 fully saturated rings. The van der Waals surface area contributed by atoms with Crippen LogP contribution in [0.1, 0.15) is 13.3 Å². The van der Waals surface area contributed by atoms with Crippen molar-refractivity contribution in [1.29, 1.82) is 0 Å². The molecule has 1 aromatic carbocycles. The number of fused-ring (bicyclic) bond motifs is 1. The minimum atomic E-state index is -0.462. The van der Waals surface area contributed by atoms with E-state index >= 15 is 0 Å². The Hall–Kier alpha value is -1.99. The van der Waals surface area contributed by atoms with Crippen LogP contribution in [0.4, 0.5) is 11.5 Å². The fourth-order valence-electron chi connectivity index (χ4n) is 2.64.